The first kappa shape index (κ1) is 12.4. The third-order valence-electron chi connectivity index (χ3n) is 3.61. The predicted octanol–water partition coefficient (Wildman–Crippen LogP) is 3.32. The Kier molecular flexibility index (Phi) is 4.43. The Labute approximate surface area is 105 Å². The van der Waals surface area contributed by atoms with Crippen LogP contribution in [0.1, 0.15) is 44.6 Å². The molecule has 0 radical (unpaired) electrons. The Hall–Kier alpha value is -1.02. The average Bonchev–Trinajstić information content (AvgIpc) is 2.32. The maximum atomic E-state index is 6.04. The van der Waals surface area contributed by atoms with E-state index < -0.39 is 0 Å². The number of anilines is 1. The molecule has 1 aromatic carbocycles. The van der Waals surface area contributed by atoms with Crippen LogP contribution in [0.4, 0.5) is 5.69 Å². The Morgan fingerprint density at radius 1 is 1.29 bits per heavy atom. The summed E-state index contributed by atoms with van der Waals surface area (Å²) in [5, 5.41) is 3.68. The van der Waals surface area contributed by atoms with Gasteiger partial charge in [0.15, 0.2) is 0 Å². The summed E-state index contributed by atoms with van der Waals surface area (Å²) in [7, 11) is 0. The van der Waals surface area contributed by atoms with Crippen molar-refractivity contribution in [3.05, 3.63) is 29.8 Å². The van der Waals surface area contributed by atoms with Gasteiger partial charge in [0, 0.05) is 17.8 Å². The summed E-state index contributed by atoms with van der Waals surface area (Å²) < 4.78 is 0. The van der Waals surface area contributed by atoms with Crippen LogP contribution in [0.3, 0.4) is 0 Å². The maximum Gasteiger partial charge on any atom is 0.0374 e. The summed E-state index contributed by atoms with van der Waals surface area (Å²) in [6, 6.07) is 9.63. The lowest BCUT2D eigenvalue weighted by atomic mass is 9.91. The van der Waals surface area contributed by atoms with E-state index in [0.29, 0.717) is 12.1 Å². The lowest BCUT2D eigenvalue weighted by molar-refractivity contribution is 0.409. The number of rotatable bonds is 4. The number of para-hydroxylation sites is 1. The summed E-state index contributed by atoms with van der Waals surface area (Å²) >= 11 is 0. The number of nitrogens with two attached hydrogens (primary N) is 1. The van der Waals surface area contributed by atoms with Gasteiger partial charge in [-0.05, 0) is 43.7 Å². The van der Waals surface area contributed by atoms with Gasteiger partial charge in [-0.3, -0.25) is 0 Å². The standard InChI is InChI=1S/C15H24N2/c1-2-6-12-7-3-4-10-15(12)17-14-9-5-8-13(16)11-14/h3-4,7,10,13-14,17H,2,5-6,8-9,11,16H2,1H3. The van der Waals surface area contributed by atoms with Crippen molar-refractivity contribution in [1.29, 1.82) is 0 Å². The van der Waals surface area contributed by atoms with Crippen LogP contribution in [0.5, 0.6) is 0 Å². The van der Waals surface area contributed by atoms with Gasteiger partial charge < -0.3 is 11.1 Å². The van der Waals surface area contributed by atoms with Crippen molar-refractivity contribution >= 4 is 5.69 Å². The molecule has 1 aromatic rings. The van der Waals surface area contributed by atoms with Crippen LogP contribution < -0.4 is 11.1 Å². The second kappa shape index (κ2) is 6.06. The van der Waals surface area contributed by atoms with Crippen molar-refractivity contribution < 1.29 is 0 Å². The van der Waals surface area contributed by atoms with Crippen molar-refractivity contribution in [3.8, 4) is 0 Å². The third-order valence-corrected chi connectivity index (χ3v) is 3.61. The van der Waals surface area contributed by atoms with Gasteiger partial charge in [0.05, 0.1) is 0 Å². The summed E-state index contributed by atoms with van der Waals surface area (Å²) in [5.74, 6) is 0. The number of hydrogen-bond acceptors (Lipinski definition) is 2. The first-order valence-corrected chi connectivity index (χ1v) is 6.89. The molecule has 94 valence electrons. The third kappa shape index (κ3) is 3.47. The van der Waals surface area contributed by atoms with Gasteiger partial charge in [0.2, 0.25) is 0 Å². The topological polar surface area (TPSA) is 38.0 Å². The summed E-state index contributed by atoms with van der Waals surface area (Å²) in [6.45, 7) is 2.23. The van der Waals surface area contributed by atoms with E-state index in [4.69, 9.17) is 5.73 Å². The zero-order chi connectivity index (χ0) is 12.1. The van der Waals surface area contributed by atoms with Crippen LogP contribution in [-0.4, -0.2) is 12.1 Å². The second-order valence-corrected chi connectivity index (χ2v) is 5.18. The molecule has 0 heterocycles. The molecule has 1 fully saturated rings. The molecule has 1 aliphatic carbocycles. The molecule has 0 aromatic heterocycles. The molecular weight excluding hydrogens is 208 g/mol. The Bertz CT molecular complexity index is 349. The maximum absolute atomic E-state index is 6.04. The molecule has 2 nitrogen and oxygen atoms in total. The normalized spacial score (nSPS) is 24.6. The largest absolute Gasteiger partial charge is 0.382 e. The number of aryl methyl sites for hydroxylation is 1. The molecule has 1 aliphatic rings. The molecule has 0 amide bonds. The SMILES string of the molecule is CCCc1ccccc1NC1CCCC(N)C1. The summed E-state index contributed by atoms with van der Waals surface area (Å²) in [5.41, 5.74) is 8.79. The first-order valence-electron chi connectivity index (χ1n) is 6.89. The molecule has 1 saturated carbocycles. The zero-order valence-electron chi connectivity index (χ0n) is 10.8. The molecule has 2 heteroatoms. The Morgan fingerprint density at radius 2 is 2.12 bits per heavy atom. The van der Waals surface area contributed by atoms with Gasteiger partial charge >= 0.3 is 0 Å². The highest BCUT2D eigenvalue weighted by molar-refractivity contribution is 5.51. The first-order chi connectivity index (χ1) is 8.29. The van der Waals surface area contributed by atoms with Crippen LogP contribution in [0, 0.1) is 0 Å². The summed E-state index contributed by atoms with van der Waals surface area (Å²) in [4.78, 5) is 0. The Balaban J connectivity index is 2.01. The van der Waals surface area contributed by atoms with E-state index in [2.05, 4.69) is 36.5 Å². The fraction of sp³-hybridized carbons (Fsp3) is 0.600. The fourth-order valence-electron chi connectivity index (χ4n) is 2.73. The molecule has 0 bridgehead atoms. The quantitative estimate of drug-likeness (QED) is 0.835. The van der Waals surface area contributed by atoms with Gasteiger partial charge in [-0.1, -0.05) is 31.5 Å². The average molecular weight is 232 g/mol. The molecule has 0 aliphatic heterocycles. The van der Waals surface area contributed by atoms with Crippen molar-refractivity contribution in [2.75, 3.05) is 5.32 Å². The monoisotopic (exact) mass is 232 g/mol. The highest BCUT2D eigenvalue weighted by Gasteiger charge is 2.19. The predicted molar refractivity (Wildman–Crippen MR) is 74.3 cm³/mol. The minimum atomic E-state index is 0.389. The van der Waals surface area contributed by atoms with E-state index in [0.717, 1.165) is 12.8 Å². The van der Waals surface area contributed by atoms with E-state index in [1.807, 2.05) is 0 Å². The highest BCUT2D eigenvalue weighted by Crippen LogP contribution is 2.24. The minimum absolute atomic E-state index is 0.389. The van der Waals surface area contributed by atoms with Gasteiger partial charge in [-0.15, -0.1) is 0 Å². The number of nitrogens with one attached hydrogen (secondary N) is 1. The van der Waals surface area contributed by atoms with Gasteiger partial charge in [0.25, 0.3) is 0 Å². The molecule has 2 unspecified atom stereocenters. The number of hydrogen-bond donors (Lipinski definition) is 2. The fourth-order valence-corrected chi connectivity index (χ4v) is 2.73. The molecule has 0 spiro atoms. The molecule has 2 atom stereocenters. The lowest BCUT2D eigenvalue weighted by Crippen LogP contribution is -2.35. The van der Waals surface area contributed by atoms with Crippen LogP contribution in [0.2, 0.25) is 0 Å². The van der Waals surface area contributed by atoms with E-state index in [-0.39, 0.29) is 0 Å². The minimum Gasteiger partial charge on any atom is -0.382 e. The highest BCUT2D eigenvalue weighted by atomic mass is 14.9. The summed E-state index contributed by atoms with van der Waals surface area (Å²) in [6.07, 6.45) is 7.17. The van der Waals surface area contributed by atoms with Crippen molar-refractivity contribution in [1.82, 2.24) is 0 Å². The van der Waals surface area contributed by atoms with E-state index >= 15 is 0 Å². The second-order valence-electron chi connectivity index (χ2n) is 5.18. The van der Waals surface area contributed by atoms with Crippen LogP contribution >= 0.6 is 0 Å². The smallest absolute Gasteiger partial charge is 0.0374 e. The van der Waals surface area contributed by atoms with Gasteiger partial charge in [0.1, 0.15) is 0 Å². The van der Waals surface area contributed by atoms with E-state index in [1.165, 1.54) is 36.9 Å². The lowest BCUT2D eigenvalue weighted by Gasteiger charge is -2.29. The molecule has 0 saturated heterocycles. The number of benzene rings is 1. The molecule has 17 heavy (non-hydrogen) atoms. The van der Waals surface area contributed by atoms with E-state index in [9.17, 15) is 0 Å². The van der Waals surface area contributed by atoms with Crippen molar-refractivity contribution in [2.45, 2.75) is 57.5 Å². The molecule has 3 N–H and O–H groups in total. The zero-order valence-corrected chi connectivity index (χ0v) is 10.8. The van der Waals surface area contributed by atoms with Crippen LogP contribution in [0.25, 0.3) is 0 Å². The van der Waals surface area contributed by atoms with Crippen LogP contribution in [-0.2, 0) is 6.42 Å². The van der Waals surface area contributed by atoms with E-state index in [1.54, 1.807) is 0 Å². The van der Waals surface area contributed by atoms with Crippen molar-refractivity contribution in [2.24, 2.45) is 5.73 Å². The molecule has 2 rings (SSSR count). The molecular formula is C15H24N2. The van der Waals surface area contributed by atoms with Gasteiger partial charge in [-0.2, -0.15) is 0 Å². The van der Waals surface area contributed by atoms with Crippen LogP contribution in [0.15, 0.2) is 24.3 Å². The van der Waals surface area contributed by atoms with Gasteiger partial charge in [-0.25, -0.2) is 0 Å². The Morgan fingerprint density at radius 3 is 2.88 bits per heavy atom. The van der Waals surface area contributed by atoms with Crippen molar-refractivity contribution in [3.63, 3.8) is 0 Å².